The van der Waals surface area contributed by atoms with E-state index in [0.29, 0.717) is 12.5 Å². The van der Waals surface area contributed by atoms with E-state index in [1.807, 2.05) is 57.2 Å². The second-order valence-corrected chi connectivity index (χ2v) is 10.1. The predicted molar refractivity (Wildman–Crippen MR) is 150 cm³/mol. The highest BCUT2D eigenvalue weighted by atomic mass is 16.5. The topological polar surface area (TPSA) is 50.8 Å². The first-order chi connectivity index (χ1) is 18.0. The first-order valence-electron chi connectivity index (χ1n) is 13.6. The molecule has 1 aliphatic rings. The van der Waals surface area contributed by atoms with Crippen molar-refractivity contribution < 1.29 is 14.3 Å². The van der Waals surface area contributed by atoms with Crippen molar-refractivity contribution in [2.75, 3.05) is 31.6 Å². The summed E-state index contributed by atoms with van der Waals surface area (Å²) in [5.41, 5.74) is 3.40. The maximum Gasteiger partial charge on any atom is 0.226 e. The number of nitrogens with one attached hydrogen (secondary N) is 1. The Labute approximate surface area is 221 Å². The van der Waals surface area contributed by atoms with Crippen molar-refractivity contribution in [2.45, 2.75) is 52.1 Å². The molecule has 4 rings (SSSR count). The first-order valence-corrected chi connectivity index (χ1v) is 13.6. The third-order valence-electron chi connectivity index (χ3n) is 7.03. The average Bonchev–Trinajstić information content (AvgIpc) is 2.93. The van der Waals surface area contributed by atoms with Gasteiger partial charge in [0.1, 0.15) is 6.10 Å². The number of carbonyl (C=O) groups excluding carboxylic acids is 1. The second kappa shape index (κ2) is 13.3. The number of para-hydroxylation sites is 2. The summed E-state index contributed by atoms with van der Waals surface area (Å²) in [5.74, 6) is 2.14. The molecule has 1 fully saturated rings. The largest absolute Gasteiger partial charge is 0.490 e. The molecule has 0 aromatic heterocycles. The molecule has 0 unspecified atom stereocenters. The normalized spacial score (nSPS) is 15.4. The van der Waals surface area contributed by atoms with E-state index in [0.717, 1.165) is 56.1 Å². The van der Waals surface area contributed by atoms with Gasteiger partial charge < -0.3 is 19.7 Å². The minimum absolute atomic E-state index is 0.0248. The number of carbonyl (C=O) groups is 1. The third kappa shape index (κ3) is 7.59. The van der Waals surface area contributed by atoms with Gasteiger partial charge in [-0.1, -0.05) is 68.4 Å². The molecule has 1 N–H and O–H groups in total. The molecule has 1 amide bonds. The molecule has 5 heteroatoms. The summed E-state index contributed by atoms with van der Waals surface area (Å²) in [6.07, 6.45) is 3.10. The van der Waals surface area contributed by atoms with Crippen LogP contribution in [0.15, 0.2) is 78.9 Å². The van der Waals surface area contributed by atoms with Gasteiger partial charge in [-0.05, 0) is 74.2 Å². The molecule has 3 aromatic carbocycles. The van der Waals surface area contributed by atoms with Gasteiger partial charge in [-0.2, -0.15) is 0 Å². The van der Waals surface area contributed by atoms with Crippen molar-refractivity contribution in [3.63, 3.8) is 0 Å². The molecule has 0 radical (unpaired) electrons. The summed E-state index contributed by atoms with van der Waals surface area (Å²) in [7, 11) is 0. The first kappa shape index (κ1) is 26.7. The van der Waals surface area contributed by atoms with Crippen molar-refractivity contribution in [1.82, 2.24) is 4.90 Å². The van der Waals surface area contributed by atoms with Gasteiger partial charge in [0, 0.05) is 24.6 Å². The molecule has 1 heterocycles. The van der Waals surface area contributed by atoms with Gasteiger partial charge in [-0.15, -0.1) is 0 Å². The lowest BCUT2D eigenvalue weighted by molar-refractivity contribution is -0.118. The predicted octanol–water partition coefficient (Wildman–Crippen LogP) is 7.07. The Bertz CT molecular complexity index is 1120. The van der Waals surface area contributed by atoms with Crippen LogP contribution in [0.4, 0.5) is 5.69 Å². The molecule has 5 nitrogen and oxygen atoms in total. The number of ether oxygens (including phenoxy) is 2. The number of hydrogen-bond acceptors (Lipinski definition) is 4. The highest BCUT2D eigenvalue weighted by Crippen LogP contribution is 2.34. The van der Waals surface area contributed by atoms with E-state index in [2.05, 4.69) is 52.7 Å². The minimum Gasteiger partial charge on any atom is -0.490 e. The van der Waals surface area contributed by atoms with Crippen molar-refractivity contribution in [3.8, 4) is 11.5 Å². The average molecular weight is 501 g/mol. The number of rotatable bonds is 11. The van der Waals surface area contributed by atoms with Gasteiger partial charge >= 0.3 is 0 Å². The van der Waals surface area contributed by atoms with Crippen LogP contribution < -0.4 is 14.8 Å². The Balaban J connectivity index is 1.35. The van der Waals surface area contributed by atoms with Crippen LogP contribution in [-0.4, -0.2) is 37.0 Å². The fourth-order valence-electron chi connectivity index (χ4n) is 4.88. The Morgan fingerprint density at radius 1 is 0.946 bits per heavy atom. The molecule has 0 aliphatic carbocycles. The molecule has 0 saturated carbocycles. The van der Waals surface area contributed by atoms with Crippen LogP contribution in [0.5, 0.6) is 11.5 Å². The summed E-state index contributed by atoms with van der Waals surface area (Å²) in [6.45, 7) is 9.54. The van der Waals surface area contributed by atoms with E-state index in [9.17, 15) is 4.79 Å². The van der Waals surface area contributed by atoms with Gasteiger partial charge in [-0.3, -0.25) is 4.79 Å². The summed E-state index contributed by atoms with van der Waals surface area (Å²) in [6, 6.07) is 26.8. The van der Waals surface area contributed by atoms with Crippen LogP contribution in [0.2, 0.25) is 0 Å². The second-order valence-electron chi connectivity index (χ2n) is 10.1. The molecule has 0 spiro atoms. The number of likely N-dealkylation sites (tertiary alicyclic amines) is 1. The van der Waals surface area contributed by atoms with Crippen molar-refractivity contribution in [3.05, 3.63) is 90.0 Å². The van der Waals surface area contributed by atoms with E-state index in [1.54, 1.807) is 0 Å². The Kier molecular flexibility index (Phi) is 9.61. The number of nitrogens with zero attached hydrogens (tertiary/aromatic N) is 1. The summed E-state index contributed by atoms with van der Waals surface area (Å²) >= 11 is 0. The Morgan fingerprint density at radius 2 is 1.65 bits per heavy atom. The summed E-state index contributed by atoms with van der Waals surface area (Å²) < 4.78 is 12.3. The molecule has 37 heavy (non-hydrogen) atoms. The lowest BCUT2D eigenvalue weighted by atomic mass is 9.89. The smallest absolute Gasteiger partial charge is 0.226 e. The van der Waals surface area contributed by atoms with Gasteiger partial charge in [0.15, 0.2) is 11.5 Å². The number of hydrogen-bond donors (Lipinski definition) is 1. The maximum atomic E-state index is 12.1. The zero-order valence-electron chi connectivity index (χ0n) is 22.4. The van der Waals surface area contributed by atoms with Crippen LogP contribution in [0.25, 0.3) is 0 Å². The summed E-state index contributed by atoms with van der Waals surface area (Å²) in [4.78, 5) is 14.7. The van der Waals surface area contributed by atoms with E-state index in [-0.39, 0.29) is 17.9 Å². The zero-order chi connectivity index (χ0) is 26.0. The van der Waals surface area contributed by atoms with Crippen LogP contribution in [0, 0.1) is 5.92 Å². The highest BCUT2D eigenvalue weighted by molar-refractivity contribution is 5.92. The van der Waals surface area contributed by atoms with Gasteiger partial charge in [0.2, 0.25) is 5.91 Å². The van der Waals surface area contributed by atoms with Crippen molar-refractivity contribution in [1.29, 1.82) is 0 Å². The monoisotopic (exact) mass is 500 g/mol. The molecule has 1 aliphatic heterocycles. The van der Waals surface area contributed by atoms with E-state index >= 15 is 0 Å². The molecule has 196 valence electrons. The standard InChI is InChI=1S/C32H40N2O3/c1-4-36-30-15-8-9-16-31(30)37-29(26-11-6-5-7-12-26)19-22-34-20-17-25(18-21-34)27-13-10-14-28(23-27)33-32(35)24(2)3/h5-16,23-25,29H,4,17-22H2,1-3H3,(H,33,35)/t29-/m0/s1. The lowest BCUT2D eigenvalue weighted by Gasteiger charge is -2.33. The molecule has 1 saturated heterocycles. The van der Waals surface area contributed by atoms with Crippen LogP contribution in [0.1, 0.15) is 63.2 Å². The van der Waals surface area contributed by atoms with Crippen molar-refractivity contribution in [2.24, 2.45) is 5.92 Å². The van der Waals surface area contributed by atoms with Crippen LogP contribution in [0.3, 0.4) is 0 Å². The molecule has 3 aromatic rings. The van der Waals surface area contributed by atoms with Crippen molar-refractivity contribution >= 4 is 11.6 Å². The Morgan fingerprint density at radius 3 is 2.35 bits per heavy atom. The molecule has 1 atom stereocenters. The molecular weight excluding hydrogens is 460 g/mol. The third-order valence-corrected chi connectivity index (χ3v) is 7.03. The minimum atomic E-state index is -0.0400. The zero-order valence-corrected chi connectivity index (χ0v) is 22.4. The summed E-state index contributed by atoms with van der Waals surface area (Å²) in [5, 5.41) is 3.04. The molecular formula is C32H40N2O3. The highest BCUT2D eigenvalue weighted by Gasteiger charge is 2.23. The fraction of sp³-hybridized carbons (Fsp3) is 0.406. The van der Waals surface area contributed by atoms with Crippen LogP contribution >= 0.6 is 0 Å². The number of amides is 1. The van der Waals surface area contributed by atoms with Crippen LogP contribution in [-0.2, 0) is 4.79 Å². The van der Waals surface area contributed by atoms with E-state index < -0.39 is 0 Å². The quantitative estimate of drug-likeness (QED) is 0.306. The number of benzene rings is 3. The maximum absolute atomic E-state index is 12.1. The lowest BCUT2D eigenvalue weighted by Crippen LogP contribution is -2.34. The number of anilines is 1. The Hall–Kier alpha value is -3.31. The van der Waals surface area contributed by atoms with Gasteiger partial charge in [0.25, 0.3) is 0 Å². The number of piperidine rings is 1. The SMILES string of the molecule is CCOc1ccccc1O[C@@H](CCN1CCC(c2cccc(NC(=O)C(C)C)c2)CC1)c1ccccc1. The van der Waals surface area contributed by atoms with E-state index in [1.165, 1.54) is 11.1 Å². The molecule has 0 bridgehead atoms. The van der Waals surface area contributed by atoms with E-state index in [4.69, 9.17) is 9.47 Å². The van der Waals surface area contributed by atoms with Gasteiger partial charge in [0.05, 0.1) is 6.61 Å². The van der Waals surface area contributed by atoms with Gasteiger partial charge in [-0.25, -0.2) is 0 Å². The fourth-order valence-corrected chi connectivity index (χ4v) is 4.88.